The summed E-state index contributed by atoms with van der Waals surface area (Å²) in [6.07, 6.45) is 1.20. The van der Waals surface area contributed by atoms with Gasteiger partial charge in [0.1, 0.15) is 0 Å². The summed E-state index contributed by atoms with van der Waals surface area (Å²) in [6, 6.07) is 0. The topological polar surface area (TPSA) is 55.6 Å². The summed E-state index contributed by atoms with van der Waals surface area (Å²) < 4.78 is 1.85. The molecule has 86 valence electrons. The van der Waals surface area contributed by atoms with Gasteiger partial charge in [-0.2, -0.15) is 0 Å². The first kappa shape index (κ1) is 12.4. The Bertz CT molecular complexity index is 275. The van der Waals surface area contributed by atoms with E-state index in [4.69, 9.17) is 0 Å². The molecule has 0 aliphatic rings. The number of hydrogen-bond acceptors (Lipinski definition) is 5. The number of aromatic nitrogens is 4. The van der Waals surface area contributed by atoms with Crippen LogP contribution in [0.1, 0.15) is 20.3 Å². The van der Waals surface area contributed by atoms with E-state index in [-0.39, 0.29) is 0 Å². The van der Waals surface area contributed by atoms with Crippen LogP contribution < -0.4 is 5.32 Å². The lowest BCUT2D eigenvalue weighted by molar-refractivity contribution is 0.529. The molecule has 0 spiro atoms. The predicted octanol–water partition coefficient (Wildman–Crippen LogP) is 1.03. The Kier molecular flexibility index (Phi) is 5.63. The van der Waals surface area contributed by atoms with Gasteiger partial charge in [0, 0.05) is 12.3 Å². The third-order valence-corrected chi connectivity index (χ3v) is 3.55. The summed E-state index contributed by atoms with van der Waals surface area (Å²) in [4.78, 5) is 0. The number of rotatable bonds is 7. The van der Waals surface area contributed by atoms with Crippen molar-refractivity contribution in [3.8, 4) is 0 Å². The first-order valence-electron chi connectivity index (χ1n) is 5.31. The molecule has 0 aromatic carbocycles. The number of nitrogens with zero attached hydrogens (tertiary/aromatic N) is 4. The monoisotopic (exact) mass is 229 g/mol. The number of tetrazole rings is 1. The molecule has 0 fully saturated rings. The number of nitrogens with one attached hydrogen (secondary N) is 1. The highest BCUT2D eigenvalue weighted by Crippen LogP contribution is 2.18. The maximum atomic E-state index is 4.01. The van der Waals surface area contributed by atoms with Gasteiger partial charge >= 0.3 is 0 Å². The highest BCUT2D eigenvalue weighted by Gasteiger charge is 2.07. The van der Waals surface area contributed by atoms with E-state index in [9.17, 15) is 0 Å². The highest BCUT2D eigenvalue weighted by molar-refractivity contribution is 7.99. The van der Waals surface area contributed by atoms with Crippen LogP contribution in [0.15, 0.2) is 5.16 Å². The molecule has 0 amide bonds. The molecule has 1 rings (SSSR count). The van der Waals surface area contributed by atoms with Crippen LogP contribution in [0.3, 0.4) is 0 Å². The summed E-state index contributed by atoms with van der Waals surface area (Å²) in [6.45, 7) is 6.16. The average Bonchev–Trinajstić information content (AvgIpc) is 2.70. The van der Waals surface area contributed by atoms with Crippen LogP contribution in [0, 0.1) is 5.92 Å². The van der Waals surface area contributed by atoms with Crippen LogP contribution in [-0.2, 0) is 6.54 Å². The molecule has 0 bridgehead atoms. The van der Waals surface area contributed by atoms with Gasteiger partial charge in [0.2, 0.25) is 5.16 Å². The second-order valence-corrected chi connectivity index (χ2v) is 4.60. The van der Waals surface area contributed by atoms with Gasteiger partial charge in [0.15, 0.2) is 0 Å². The Morgan fingerprint density at radius 3 is 3.00 bits per heavy atom. The molecular formula is C9H19N5S. The average molecular weight is 229 g/mol. The summed E-state index contributed by atoms with van der Waals surface area (Å²) in [7, 11) is 1.93. The summed E-state index contributed by atoms with van der Waals surface area (Å²) in [5.74, 6) is 1.79. The van der Waals surface area contributed by atoms with E-state index in [0.29, 0.717) is 5.92 Å². The second kappa shape index (κ2) is 6.79. The summed E-state index contributed by atoms with van der Waals surface area (Å²) in [5, 5.41) is 15.7. The van der Waals surface area contributed by atoms with Gasteiger partial charge in [-0.15, -0.1) is 5.10 Å². The molecule has 15 heavy (non-hydrogen) atoms. The van der Waals surface area contributed by atoms with Crippen molar-refractivity contribution in [2.45, 2.75) is 32.0 Å². The molecule has 0 aliphatic heterocycles. The third-order valence-electron chi connectivity index (χ3n) is 2.27. The fourth-order valence-electron chi connectivity index (χ4n) is 0.993. The molecule has 1 unspecified atom stereocenters. The van der Waals surface area contributed by atoms with Crippen LogP contribution >= 0.6 is 11.8 Å². The van der Waals surface area contributed by atoms with Crippen molar-refractivity contribution in [3.05, 3.63) is 0 Å². The first-order valence-corrected chi connectivity index (χ1v) is 6.30. The zero-order valence-electron chi connectivity index (χ0n) is 9.60. The van der Waals surface area contributed by atoms with Gasteiger partial charge in [0.25, 0.3) is 0 Å². The van der Waals surface area contributed by atoms with Crippen molar-refractivity contribution in [1.82, 2.24) is 25.5 Å². The Balaban J connectivity index is 2.42. The van der Waals surface area contributed by atoms with E-state index in [1.165, 1.54) is 6.42 Å². The van der Waals surface area contributed by atoms with Crippen molar-refractivity contribution < 1.29 is 0 Å². The normalized spacial score (nSPS) is 13.0. The molecule has 6 heteroatoms. The first-order chi connectivity index (χ1) is 7.27. The molecule has 0 aliphatic carbocycles. The minimum Gasteiger partial charge on any atom is -0.318 e. The molecule has 1 aromatic rings. The van der Waals surface area contributed by atoms with E-state index in [1.54, 1.807) is 11.8 Å². The lowest BCUT2D eigenvalue weighted by atomic mass is 10.2. The molecular weight excluding hydrogens is 210 g/mol. The Hall–Kier alpha value is -0.620. The van der Waals surface area contributed by atoms with Gasteiger partial charge in [-0.05, 0) is 23.4 Å². The van der Waals surface area contributed by atoms with Crippen molar-refractivity contribution in [2.24, 2.45) is 5.92 Å². The SMILES string of the molecule is CCC(C)CSc1nnnn1CCNC. The van der Waals surface area contributed by atoms with Crippen LogP contribution in [0.5, 0.6) is 0 Å². The van der Waals surface area contributed by atoms with Gasteiger partial charge in [-0.1, -0.05) is 32.0 Å². The Morgan fingerprint density at radius 1 is 1.53 bits per heavy atom. The molecule has 1 heterocycles. The predicted molar refractivity (Wildman–Crippen MR) is 61.9 cm³/mol. The zero-order chi connectivity index (χ0) is 11.1. The molecule has 0 saturated heterocycles. The largest absolute Gasteiger partial charge is 0.318 e. The molecule has 0 saturated carbocycles. The minimum absolute atomic E-state index is 0.712. The number of likely N-dealkylation sites (N-methyl/N-ethyl adjacent to an activating group) is 1. The fourth-order valence-corrected chi connectivity index (χ4v) is 2.03. The van der Waals surface area contributed by atoms with Crippen molar-refractivity contribution >= 4 is 11.8 Å². The lowest BCUT2D eigenvalue weighted by Crippen LogP contribution is -2.16. The van der Waals surface area contributed by atoms with E-state index in [2.05, 4.69) is 34.7 Å². The summed E-state index contributed by atoms with van der Waals surface area (Å²) >= 11 is 1.74. The van der Waals surface area contributed by atoms with E-state index < -0.39 is 0 Å². The van der Waals surface area contributed by atoms with Gasteiger partial charge in [0.05, 0.1) is 6.54 Å². The van der Waals surface area contributed by atoms with Gasteiger partial charge < -0.3 is 5.32 Å². The smallest absolute Gasteiger partial charge is 0.209 e. The Morgan fingerprint density at radius 2 is 2.33 bits per heavy atom. The van der Waals surface area contributed by atoms with E-state index in [0.717, 1.165) is 24.0 Å². The quantitative estimate of drug-likeness (QED) is 0.708. The highest BCUT2D eigenvalue weighted by atomic mass is 32.2. The maximum Gasteiger partial charge on any atom is 0.209 e. The molecule has 1 aromatic heterocycles. The van der Waals surface area contributed by atoms with E-state index in [1.807, 2.05) is 11.7 Å². The van der Waals surface area contributed by atoms with Crippen LogP contribution in [0.25, 0.3) is 0 Å². The minimum atomic E-state index is 0.712. The molecule has 0 radical (unpaired) electrons. The number of thioether (sulfide) groups is 1. The van der Waals surface area contributed by atoms with Crippen LogP contribution in [-0.4, -0.2) is 39.6 Å². The van der Waals surface area contributed by atoms with Gasteiger partial charge in [-0.3, -0.25) is 0 Å². The van der Waals surface area contributed by atoms with E-state index >= 15 is 0 Å². The number of hydrogen-bond donors (Lipinski definition) is 1. The summed E-state index contributed by atoms with van der Waals surface area (Å²) in [5.41, 5.74) is 0. The molecule has 5 nitrogen and oxygen atoms in total. The third kappa shape index (κ3) is 4.17. The van der Waals surface area contributed by atoms with Crippen molar-refractivity contribution in [3.63, 3.8) is 0 Å². The lowest BCUT2D eigenvalue weighted by Gasteiger charge is -2.07. The second-order valence-electron chi connectivity index (χ2n) is 3.61. The Labute approximate surface area is 95.0 Å². The van der Waals surface area contributed by atoms with Crippen molar-refractivity contribution in [1.29, 1.82) is 0 Å². The standard InChI is InChI=1S/C9H19N5S/c1-4-8(2)7-15-9-11-12-13-14(9)6-5-10-3/h8,10H,4-7H2,1-3H3. The maximum absolute atomic E-state index is 4.01. The van der Waals surface area contributed by atoms with Crippen LogP contribution in [0.4, 0.5) is 0 Å². The molecule has 1 N–H and O–H groups in total. The molecule has 1 atom stereocenters. The zero-order valence-corrected chi connectivity index (χ0v) is 10.4. The van der Waals surface area contributed by atoms with Crippen molar-refractivity contribution in [2.75, 3.05) is 19.3 Å². The van der Waals surface area contributed by atoms with Crippen LogP contribution in [0.2, 0.25) is 0 Å². The van der Waals surface area contributed by atoms with Gasteiger partial charge in [-0.25, -0.2) is 4.68 Å². The fraction of sp³-hybridized carbons (Fsp3) is 0.889.